The van der Waals surface area contributed by atoms with Gasteiger partial charge in [0.2, 0.25) is 0 Å². The fraction of sp³-hybridized carbons (Fsp3) is 0.538. The molecule has 0 spiro atoms. The summed E-state index contributed by atoms with van der Waals surface area (Å²) in [6.45, 7) is 3.48. The predicted octanol–water partition coefficient (Wildman–Crippen LogP) is 3.49. The highest BCUT2D eigenvalue weighted by molar-refractivity contribution is 8.00. The van der Waals surface area contributed by atoms with Gasteiger partial charge in [0, 0.05) is 16.1 Å². The van der Waals surface area contributed by atoms with Crippen LogP contribution in [0.4, 0.5) is 8.78 Å². The molecule has 1 aromatic carbocycles. The third-order valence-electron chi connectivity index (χ3n) is 3.30. The molecule has 1 aliphatic rings. The third kappa shape index (κ3) is 2.47. The molecule has 0 unspecified atom stereocenters. The number of aliphatic hydroxyl groups is 1. The molecule has 1 nitrogen and oxygen atoms in total. The maximum absolute atomic E-state index is 13.5. The minimum Gasteiger partial charge on any atom is -0.386 e. The van der Waals surface area contributed by atoms with Crippen LogP contribution in [0, 0.1) is 12.8 Å². The minimum atomic E-state index is -2.96. The van der Waals surface area contributed by atoms with Crippen molar-refractivity contribution in [3.63, 3.8) is 0 Å². The van der Waals surface area contributed by atoms with Gasteiger partial charge in [0.1, 0.15) is 6.10 Å². The Labute approximate surface area is 104 Å². The van der Waals surface area contributed by atoms with E-state index in [1.165, 1.54) is 18.7 Å². The van der Waals surface area contributed by atoms with Gasteiger partial charge in [-0.1, -0.05) is 24.6 Å². The van der Waals surface area contributed by atoms with Crippen molar-refractivity contribution >= 4 is 11.8 Å². The van der Waals surface area contributed by atoms with Gasteiger partial charge in [0.05, 0.1) is 0 Å². The zero-order valence-corrected chi connectivity index (χ0v) is 10.7. The first-order valence-electron chi connectivity index (χ1n) is 5.70. The van der Waals surface area contributed by atoms with Crippen LogP contribution in [0.15, 0.2) is 29.2 Å². The van der Waals surface area contributed by atoms with Crippen molar-refractivity contribution in [2.75, 3.05) is 0 Å². The molecule has 4 heteroatoms. The third-order valence-corrected chi connectivity index (χ3v) is 4.60. The van der Waals surface area contributed by atoms with Crippen LogP contribution in [0.2, 0.25) is 0 Å². The predicted molar refractivity (Wildman–Crippen MR) is 65.6 cm³/mol. The highest BCUT2D eigenvalue weighted by Crippen LogP contribution is 2.46. The van der Waals surface area contributed by atoms with Crippen LogP contribution in [0.25, 0.3) is 0 Å². The monoisotopic (exact) mass is 258 g/mol. The van der Waals surface area contributed by atoms with Crippen molar-refractivity contribution in [2.24, 2.45) is 5.92 Å². The molecule has 17 heavy (non-hydrogen) atoms. The lowest BCUT2D eigenvalue weighted by Gasteiger charge is -2.20. The molecule has 1 aromatic rings. The van der Waals surface area contributed by atoms with Crippen molar-refractivity contribution in [3.05, 3.63) is 29.8 Å². The van der Waals surface area contributed by atoms with E-state index in [-0.39, 0.29) is 0 Å². The van der Waals surface area contributed by atoms with Crippen LogP contribution >= 0.6 is 11.8 Å². The van der Waals surface area contributed by atoms with E-state index in [9.17, 15) is 13.9 Å². The number of alkyl halides is 2. The molecule has 94 valence electrons. The Morgan fingerprint density at radius 1 is 1.29 bits per heavy atom. The zero-order chi connectivity index (χ0) is 12.6. The number of rotatable bonds is 2. The molecule has 2 rings (SSSR count). The molecule has 0 aliphatic heterocycles. The van der Waals surface area contributed by atoms with Gasteiger partial charge in [-0.25, -0.2) is 8.78 Å². The molecule has 1 N–H and O–H groups in total. The molecule has 0 aromatic heterocycles. The molecule has 0 heterocycles. The fourth-order valence-electron chi connectivity index (χ4n) is 2.08. The number of aliphatic hydroxyl groups excluding tert-OH is 1. The van der Waals surface area contributed by atoms with Gasteiger partial charge in [-0.15, -0.1) is 11.8 Å². The molecule has 0 amide bonds. The van der Waals surface area contributed by atoms with Gasteiger partial charge in [-0.3, -0.25) is 0 Å². The van der Waals surface area contributed by atoms with Crippen molar-refractivity contribution < 1.29 is 13.9 Å². The van der Waals surface area contributed by atoms with Gasteiger partial charge in [0.25, 0.3) is 5.92 Å². The summed E-state index contributed by atoms with van der Waals surface area (Å²) in [4.78, 5) is 0.935. The Morgan fingerprint density at radius 3 is 2.35 bits per heavy atom. The molecule has 1 fully saturated rings. The second kappa shape index (κ2) is 4.58. The summed E-state index contributed by atoms with van der Waals surface area (Å²) >= 11 is 1.34. The van der Waals surface area contributed by atoms with Crippen LogP contribution in [0.3, 0.4) is 0 Å². The first-order valence-corrected chi connectivity index (χ1v) is 6.58. The number of hydrogen-bond donors (Lipinski definition) is 1. The van der Waals surface area contributed by atoms with Crippen molar-refractivity contribution in [1.29, 1.82) is 0 Å². The minimum absolute atomic E-state index is 0.354. The number of benzene rings is 1. The summed E-state index contributed by atoms with van der Waals surface area (Å²) in [6, 6.07) is 7.72. The van der Waals surface area contributed by atoms with Crippen LogP contribution in [0.5, 0.6) is 0 Å². The topological polar surface area (TPSA) is 20.2 Å². The van der Waals surface area contributed by atoms with Gasteiger partial charge in [-0.2, -0.15) is 0 Å². The first-order chi connectivity index (χ1) is 7.91. The van der Waals surface area contributed by atoms with E-state index in [1.807, 2.05) is 31.2 Å². The average molecular weight is 258 g/mol. The van der Waals surface area contributed by atoms with Crippen molar-refractivity contribution in [1.82, 2.24) is 0 Å². The first kappa shape index (κ1) is 12.8. The molecule has 0 saturated heterocycles. The highest BCUT2D eigenvalue weighted by Gasteiger charge is 2.54. The van der Waals surface area contributed by atoms with Crippen LogP contribution < -0.4 is 0 Å². The summed E-state index contributed by atoms with van der Waals surface area (Å²) in [5.74, 6) is -3.71. The lowest BCUT2D eigenvalue weighted by atomic mass is 10.1. The van der Waals surface area contributed by atoms with E-state index in [2.05, 4.69) is 0 Å². The average Bonchev–Trinajstić information content (AvgIpc) is 2.46. The van der Waals surface area contributed by atoms with E-state index in [0.29, 0.717) is 6.42 Å². The van der Waals surface area contributed by atoms with E-state index in [4.69, 9.17) is 0 Å². The largest absolute Gasteiger partial charge is 0.386 e. The Hall–Kier alpha value is -0.610. The lowest BCUT2D eigenvalue weighted by Crippen LogP contribution is -2.35. The Balaban J connectivity index is 2.08. The van der Waals surface area contributed by atoms with E-state index < -0.39 is 23.2 Å². The van der Waals surface area contributed by atoms with Crippen molar-refractivity contribution in [2.45, 2.75) is 42.4 Å². The zero-order valence-electron chi connectivity index (χ0n) is 9.86. The fourth-order valence-corrected chi connectivity index (χ4v) is 3.42. The molecule has 3 atom stereocenters. The van der Waals surface area contributed by atoms with Crippen molar-refractivity contribution in [3.8, 4) is 0 Å². The summed E-state index contributed by atoms with van der Waals surface area (Å²) < 4.78 is 27.0. The second-order valence-electron chi connectivity index (χ2n) is 4.73. The van der Waals surface area contributed by atoms with Gasteiger partial charge < -0.3 is 5.11 Å². The maximum atomic E-state index is 13.5. The standard InChI is InChI=1S/C13H16F2OS/c1-8-3-5-10(6-4-8)17-11-7-9(2)13(14,15)12(11)16/h3-6,9,11-12,16H,7H2,1-2H3/t9-,11-,12-/m1/s1. The Morgan fingerprint density at radius 2 is 1.88 bits per heavy atom. The Bertz CT molecular complexity index is 391. The van der Waals surface area contributed by atoms with Crippen LogP contribution in [-0.2, 0) is 0 Å². The van der Waals surface area contributed by atoms with Gasteiger partial charge >= 0.3 is 0 Å². The number of thioether (sulfide) groups is 1. The lowest BCUT2D eigenvalue weighted by molar-refractivity contribution is -0.109. The summed E-state index contributed by atoms with van der Waals surface area (Å²) in [7, 11) is 0. The van der Waals surface area contributed by atoms with Crippen LogP contribution in [-0.4, -0.2) is 22.4 Å². The molecule has 0 bridgehead atoms. The quantitative estimate of drug-likeness (QED) is 0.876. The van der Waals surface area contributed by atoms with E-state index >= 15 is 0 Å². The van der Waals surface area contributed by atoms with E-state index in [1.54, 1.807) is 0 Å². The number of hydrogen-bond acceptors (Lipinski definition) is 2. The number of aryl methyl sites for hydroxylation is 1. The molecule has 1 aliphatic carbocycles. The maximum Gasteiger partial charge on any atom is 0.277 e. The summed E-state index contributed by atoms with van der Waals surface area (Å²) in [5, 5.41) is 9.22. The molecule has 1 saturated carbocycles. The smallest absolute Gasteiger partial charge is 0.277 e. The SMILES string of the molecule is Cc1ccc(S[C@@H]2C[C@@H](C)C(F)(F)[C@@H]2O)cc1. The Kier molecular flexibility index (Phi) is 3.46. The molecular formula is C13H16F2OS. The van der Waals surface area contributed by atoms with E-state index in [0.717, 1.165) is 10.5 Å². The van der Waals surface area contributed by atoms with Crippen LogP contribution in [0.1, 0.15) is 18.9 Å². The second-order valence-corrected chi connectivity index (χ2v) is 6.04. The van der Waals surface area contributed by atoms with Gasteiger partial charge in [-0.05, 0) is 25.5 Å². The molecular weight excluding hydrogens is 242 g/mol. The number of halogens is 2. The van der Waals surface area contributed by atoms with Gasteiger partial charge in [0.15, 0.2) is 0 Å². The normalized spacial score (nSPS) is 31.7. The highest BCUT2D eigenvalue weighted by atomic mass is 32.2. The summed E-state index contributed by atoms with van der Waals surface area (Å²) in [5.41, 5.74) is 1.14. The summed E-state index contributed by atoms with van der Waals surface area (Å²) in [6.07, 6.45) is -1.18. The molecule has 0 radical (unpaired) electrons.